The van der Waals surface area contributed by atoms with E-state index in [4.69, 9.17) is 4.74 Å². The molecule has 0 radical (unpaired) electrons. The average Bonchev–Trinajstić information content (AvgIpc) is 3.04. The second-order valence-electron chi connectivity index (χ2n) is 5.59. The molecule has 1 aromatic heterocycles. The number of carbonyl (C=O) groups is 1. The summed E-state index contributed by atoms with van der Waals surface area (Å²) in [4.78, 5) is 15.5. The fourth-order valence-corrected chi connectivity index (χ4v) is 2.26. The first-order valence-electron chi connectivity index (χ1n) is 7.95. The minimum absolute atomic E-state index is 0.00509. The van der Waals surface area contributed by atoms with E-state index in [1.165, 1.54) is 35.2 Å². The molecule has 0 fully saturated rings. The summed E-state index contributed by atoms with van der Waals surface area (Å²) in [5.41, 5.74) is 0. The lowest BCUT2D eigenvalue weighted by Gasteiger charge is -2.19. The number of nitrogens with zero attached hydrogens (tertiary/aromatic N) is 2. The number of aryl methyl sites for hydroxylation is 1. The van der Waals surface area contributed by atoms with Crippen molar-refractivity contribution in [1.29, 1.82) is 0 Å². The number of hydrogen-bond donors (Lipinski definition) is 1. The van der Waals surface area contributed by atoms with Gasteiger partial charge in [0.05, 0.1) is 6.54 Å². The van der Waals surface area contributed by atoms with Gasteiger partial charge in [-0.1, -0.05) is 19.1 Å². The summed E-state index contributed by atoms with van der Waals surface area (Å²) in [6.45, 7) is 3.52. The van der Waals surface area contributed by atoms with E-state index in [9.17, 15) is 18.0 Å². The third-order valence-corrected chi connectivity index (χ3v) is 3.46. The monoisotopic (exact) mass is 355 g/mol. The van der Waals surface area contributed by atoms with E-state index in [1.807, 2.05) is 6.92 Å². The van der Waals surface area contributed by atoms with Crippen LogP contribution in [-0.4, -0.2) is 28.1 Å². The van der Waals surface area contributed by atoms with E-state index in [1.54, 1.807) is 13.0 Å². The predicted molar refractivity (Wildman–Crippen MR) is 85.9 cm³/mol. The highest BCUT2D eigenvalue weighted by molar-refractivity contribution is 5.83. The molecular formula is C17H20F3N3O2. The molecule has 1 unspecified atom stereocenters. The number of rotatable bonds is 8. The zero-order valence-electron chi connectivity index (χ0n) is 14.0. The van der Waals surface area contributed by atoms with E-state index >= 15 is 0 Å². The van der Waals surface area contributed by atoms with Gasteiger partial charge in [0, 0.05) is 18.9 Å². The molecule has 25 heavy (non-hydrogen) atoms. The molecule has 0 bridgehead atoms. The zero-order valence-corrected chi connectivity index (χ0v) is 14.0. The highest BCUT2D eigenvalue weighted by atomic mass is 19.3. The molecule has 8 heteroatoms. The molecule has 0 spiro atoms. The quantitative estimate of drug-likeness (QED) is 0.792. The number of imidazole rings is 1. The maximum Gasteiger partial charge on any atom is 0.381 e. The summed E-state index contributed by atoms with van der Waals surface area (Å²) in [5, 5.41) is 2.13. The minimum atomic E-state index is -3.77. The highest BCUT2D eigenvalue weighted by Gasteiger charge is 2.45. The topological polar surface area (TPSA) is 56.2 Å². The summed E-state index contributed by atoms with van der Waals surface area (Å²) in [5.74, 6) is -6.41. The van der Waals surface area contributed by atoms with Gasteiger partial charge in [-0.3, -0.25) is 4.79 Å². The summed E-state index contributed by atoms with van der Waals surface area (Å²) in [6.07, 6.45) is 2.58. The lowest BCUT2D eigenvalue weighted by Crippen LogP contribution is -2.43. The van der Waals surface area contributed by atoms with E-state index in [2.05, 4.69) is 10.3 Å². The van der Waals surface area contributed by atoms with Crippen molar-refractivity contribution < 1.29 is 22.7 Å². The van der Waals surface area contributed by atoms with Crippen LogP contribution in [0, 0.1) is 5.82 Å². The van der Waals surface area contributed by atoms with E-state index in [-0.39, 0.29) is 12.3 Å². The van der Waals surface area contributed by atoms with Crippen molar-refractivity contribution in [2.75, 3.05) is 6.54 Å². The third kappa shape index (κ3) is 4.52. The number of alkyl halides is 2. The Labute approximate surface area is 143 Å². The van der Waals surface area contributed by atoms with Crippen LogP contribution in [0.1, 0.15) is 26.1 Å². The normalized spacial score (nSPS) is 12.7. The molecular weight excluding hydrogens is 335 g/mol. The van der Waals surface area contributed by atoms with Crippen molar-refractivity contribution in [1.82, 2.24) is 14.9 Å². The molecule has 1 atom stereocenters. The predicted octanol–water partition coefficient (Wildman–Crippen LogP) is 3.11. The van der Waals surface area contributed by atoms with Crippen LogP contribution in [0.5, 0.6) is 5.75 Å². The standard InChI is InChI=1S/C17H20F3N3O2/c1-3-9-23-10-8-21-15(23)17(19,20)16(24)22-11-12(2)25-14-7-5-4-6-13(14)18/h4-8,10,12H,3,9,11H2,1-2H3,(H,22,24). The van der Waals surface area contributed by atoms with Gasteiger partial charge in [-0.25, -0.2) is 9.37 Å². The summed E-state index contributed by atoms with van der Waals surface area (Å²) in [7, 11) is 0. The van der Waals surface area contributed by atoms with Gasteiger partial charge < -0.3 is 14.6 Å². The maximum absolute atomic E-state index is 14.3. The first kappa shape index (κ1) is 18.8. The lowest BCUT2D eigenvalue weighted by atomic mass is 10.2. The van der Waals surface area contributed by atoms with E-state index in [0.29, 0.717) is 13.0 Å². The average molecular weight is 355 g/mol. The van der Waals surface area contributed by atoms with Crippen LogP contribution >= 0.6 is 0 Å². The Balaban J connectivity index is 1.96. The lowest BCUT2D eigenvalue weighted by molar-refractivity contribution is -0.148. The van der Waals surface area contributed by atoms with Gasteiger partial charge in [-0.15, -0.1) is 0 Å². The van der Waals surface area contributed by atoms with Gasteiger partial charge in [-0.05, 0) is 25.5 Å². The molecule has 1 amide bonds. The highest BCUT2D eigenvalue weighted by Crippen LogP contribution is 2.27. The number of halogens is 3. The number of hydrogen-bond acceptors (Lipinski definition) is 3. The zero-order chi connectivity index (χ0) is 18.4. The van der Waals surface area contributed by atoms with Crippen LogP contribution in [0.25, 0.3) is 0 Å². The largest absolute Gasteiger partial charge is 0.486 e. The molecule has 0 aliphatic rings. The fraction of sp³-hybridized carbons (Fsp3) is 0.412. The minimum Gasteiger partial charge on any atom is -0.486 e. The number of nitrogens with one attached hydrogen (secondary N) is 1. The van der Waals surface area contributed by atoms with Crippen LogP contribution in [-0.2, 0) is 17.3 Å². The van der Waals surface area contributed by atoms with Crippen LogP contribution < -0.4 is 10.1 Å². The van der Waals surface area contributed by atoms with Gasteiger partial charge in [0.2, 0.25) is 0 Å². The molecule has 1 aromatic carbocycles. The molecule has 2 aromatic rings. The van der Waals surface area contributed by atoms with Crippen molar-refractivity contribution in [3.05, 3.63) is 48.3 Å². The Morgan fingerprint density at radius 1 is 1.40 bits per heavy atom. The Hall–Kier alpha value is -2.51. The van der Waals surface area contributed by atoms with Crippen molar-refractivity contribution in [2.24, 2.45) is 0 Å². The Bertz CT molecular complexity index is 719. The smallest absolute Gasteiger partial charge is 0.381 e. The fourth-order valence-electron chi connectivity index (χ4n) is 2.26. The van der Waals surface area contributed by atoms with Crippen LogP contribution in [0.2, 0.25) is 0 Å². The molecule has 0 aliphatic carbocycles. The third-order valence-electron chi connectivity index (χ3n) is 3.46. The number of aromatic nitrogens is 2. The van der Waals surface area contributed by atoms with Crippen molar-refractivity contribution >= 4 is 5.91 Å². The first-order chi connectivity index (χ1) is 11.9. The molecule has 5 nitrogen and oxygen atoms in total. The number of benzene rings is 1. The number of amides is 1. The second-order valence-corrected chi connectivity index (χ2v) is 5.59. The van der Waals surface area contributed by atoms with Gasteiger partial charge in [-0.2, -0.15) is 8.78 Å². The van der Waals surface area contributed by atoms with Crippen LogP contribution in [0.15, 0.2) is 36.7 Å². The van der Waals surface area contributed by atoms with Crippen molar-refractivity contribution in [3.8, 4) is 5.75 Å². The molecule has 2 rings (SSSR count). The molecule has 136 valence electrons. The molecule has 1 heterocycles. The summed E-state index contributed by atoms with van der Waals surface area (Å²) >= 11 is 0. The number of para-hydroxylation sites is 1. The Morgan fingerprint density at radius 2 is 2.12 bits per heavy atom. The maximum atomic E-state index is 14.3. The van der Waals surface area contributed by atoms with E-state index < -0.39 is 29.6 Å². The number of carbonyl (C=O) groups excluding carboxylic acids is 1. The van der Waals surface area contributed by atoms with Gasteiger partial charge in [0.25, 0.3) is 5.91 Å². The SMILES string of the molecule is CCCn1ccnc1C(F)(F)C(=O)NCC(C)Oc1ccccc1F. The van der Waals surface area contributed by atoms with Crippen LogP contribution in [0.4, 0.5) is 13.2 Å². The molecule has 0 aliphatic heterocycles. The molecule has 0 saturated heterocycles. The Kier molecular flexibility index (Phi) is 6.06. The van der Waals surface area contributed by atoms with Gasteiger partial charge in [0.1, 0.15) is 6.10 Å². The van der Waals surface area contributed by atoms with Gasteiger partial charge >= 0.3 is 5.92 Å². The Morgan fingerprint density at radius 3 is 2.80 bits per heavy atom. The second kappa shape index (κ2) is 8.04. The molecule has 1 N–H and O–H groups in total. The van der Waals surface area contributed by atoms with Crippen molar-refractivity contribution in [2.45, 2.75) is 38.8 Å². The summed E-state index contributed by atoms with van der Waals surface area (Å²) < 4.78 is 48.7. The van der Waals surface area contributed by atoms with Crippen molar-refractivity contribution in [3.63, 3.8) is 0 Å². The van der Waals surface area contributed by atoms with E-state index in [0.717, 1.165) is 0 Å². The first-order valence-corrected chi connectivity index (χ1v) is 7.95. The van der Waals surface area contributed by atoms with Crippen LogP contribution in [0.3, 0.4) is 0 Å². The molecule has 0 saturated carbocycles. The summed E-state index contributed by atoms with van der Waals surface area (Å²) in [6, 6.07) is 5.74. The van der Waals surface area contributed by atoms with Gasteiger partial charge in [0.15, 0.2) is 17.4 Å². The number of ether oxygens (including phenoxy) is 1.